The molecule has 376 valence electrons. The highest BCUT2D eigenvalue weighted by molar-refractivity contribution is 9.10. The first-order valence-electron chi connectivity index (χ1n) is 22.8. The van der Waals surface area contributed by atoms with Crippen LogP contribution in [-0.2, 0) is 25.7 Å². The lowest BCUT2D eigenvalue weighted by molar-refractivity contribution is -0.138. The monoisotopic (exact) mass is 1070 g/mol. The number of anilines is 1. The maximum absolute atomic E-state index is 16.3. The zero-order valence-electron chi connectivity index (χ0n) is 39.3. The van der Waals surface area contributed by atoms with Crippen LogP contribution in [0.4, 0.5) is 9.93 Å². The molecule has 3 aromatic carbocycles. The van der Waals surface area contributed by atoms with Gasteiger partial charge in [0.05, 0.1) is 22.4 Å². The summed E-state index contributed by atoms with van der Waals surface area (Å²) in [6.45, 7) is 2.62. The maximum Gasteiger partial charge on any atom is 0.409 e. The molecular weight excluding hydrogens is 1020 g/mol. The smallest absolute Gasteiger partial charge is 0.409 e. The van der Waals surface area contributed by atoms with Crippen molar-refractivity contribution < 1.29 is 42.8 Å². The molecule has 0 spiro atoms. The molecule has 3 atom stereocenters. The van der Waals surface area contributed by atoms with Gasteiger partial charge in [0.25, 0.3) is 29.5 Å². The van der Waals surface area contributed by atoms with E-state index in [1.165, 1.54) is 67.9 Å². The number of nitrogens with one attached hydrogen (secondary N) is 6. The highest BCUT2D eigenvalue weighted by Gasteiger charge is 2.75. The number of nitrogen functional groups attached to an aromatic ring is 1. The first-order chi connectivity index (χ1) is 35.1. The molecule has 73 heavy (non-hydrogen) atoms. The number of thiazole rings is 1. The molecule has 8 rings (SSSR count). The molecule has 3 aromatic heterocycles. The van der Waals surface area contributed by atoms with Gasteiger partial charge in [-0.05, 0) is 68.7 Å². The Bertz CT molecular complexity index is 3080. The summed E-state index contributed by atoms with van der Waals surface area (Å²) in [5.41, 5.74) is 8.05. The first-order valence-corrected chi connectivity index (χ1v) is 24.5. The summed E-state index contributed by atoms with van der Waals surface area (Å²) in [6.07, 6.45) is 2.32. The Hall–Kier alpha value is -8.28. The Morgan fingerprint density at radius 3 is 2.16 bits per heavy atom. The van der Waals surface area contributed by atoms with Gasteiger partial charge in [-0.1, -0.05) is 107 Å². The van der Waals surface area contributed by atoms with Gasteiger partial charge in [0.2, 0.25) is 17.2 Å². The molecule has 0 bridgehead atoms. The van der Waals surface area contributed by atoms with Crippen molar-refractivity contribution >= 4 is 79.5 Å². The number of ether oxygens (including phenoxy) is 1. The van der Waals surface area contributed by atoms with E-state index in [0.717, 1.165) is 24.0 Å². The van der Waals surface area contributed by atoms with E-state index in [-0.39, 0.29) is 64.0 Å². The van der Waals surface area contributed by atoms with E-state index in [4.69, 9.17) is 20.7 Å². The van der Waals surface area contributed by atoms with E-state index in [0.29, 0.717) is 33.5 Å². The predicted octanol–water partition coefficient (Wildman–Crippen LogP) is 4.84. The number of hydrazine groups is 1. The number of nitrogens with two attached hydrogens (primary N) is 2. The number of hydrogen-bond acceptors (Lipinski definition) is 15. The Morgan fingerprint density at radius 2 is 1.53 bits per heavy atom. The van der Waals surface area contributed by atoms with E-state index in [9.17, 15) is 9.59 Å². The number of halogens is 1. The second-order valence-electron chi connectivity index (χ2n) is 17.2. The van der Waals surface area contributed by atoms with Gasteiger partial charge in [-0.15, -0.1) is 11.3 Å². The Kier molecular flexibility index (Phi) is 15.1. The molecule has 10 N–H and O–H groups in total. The van der Waals surface area contributed by atoms with Crippen molar-refractivity contribution in [3.63, 3.8) is 0 Å². The minimum atomic E-state index is -3.18. The van der Waals surface area contributed by atoms with Gasteiger partial charge in [-0.3, -0.25) is 44.5 Å². The fourth-order valence-corrected chi connectivity index (χ4v) is 9.50. The molecule has 7 amide bonds. The number of aryl methyl sites for hydroxylation is 1. The fraction of sp³-hybridized carbons (Fsp3) is 0.240. The van der Waals surface area contributed by atoms with Crippen LogP contribution < -0.4 is 43.5 Å². The van der Waals surface area contributed by atoms with Gasteiger partial charge in [0, 0.05) is 33.4 Å². The standard InChI is InChI=1S/C50H49BrN12O9S/c1-3-35(36-28-73-46(52)55-36)41(66)59-49(60-44(68)48(53)23-11-6-12-24-48)43(56-47(70)71-27-30-14-7-4-8-15-30)63(61-42(67)37-29(2)72-62-38(37)31-16-9-5-10-17-31)45(69)50(49,58-40(65)33-18-13-25-54-26-33)57-39(64)32-19-21-34(51)22-20-32/h3-5,7-10,13-22,25-26,28,43H,6,11-12,23-24,27,53H2,1-2H3,(H2,52,55)(H,56,70)(H,57,64)(H,58,65)(H,59,66)(H,60,68)(H,61,67). The second kappa shape index (κ2) is 21.6. The van der Waals surface area contributed by atoms with Gasteiger partial charge >= 0.3 is 6.09 Å². The summed E-state index contributed by atoms with van der Waals surface area (Å²) in [6, 6.07) is 25.7. The predicted molar refractivity (Wildman–Crippen MR) is 270 cm³/mol. The Labute approximate surface area is 430 Å². The van der Waals surface area contributed by atoms with Gasteiger partial charge in [0.15, 0.2) is 11.3 Å². The van der Waals surface area contributed by atoms with Crippen LogP contribution in [0.5, 0.6) is 0 Å². The lowest BCUT2D eigenvalue weighted by atomic mass is 9.80. The van der Waals surface area contributed by atoms with E-state index in [2.05, 4.69) is 63.1 Å². The fourth-order valence-electron chi connectivity index (χ4n) is 8.67. The van der Waals surface area contributed by atoms with Gasteiger partial charge < -0.3 is 42.0 Å². The number of benzene rings is 3. The van der Waals surface area contributed by atoms with Crippen molar-refractivity contribution in [2.45, 2.75) is 75.6 Å². The lowest BCUT2D eigenvalue weighted by Gasteiger charge is -2.48. The van der Waals surface area contributed by atoms with Crippen LogP contribution in [0.3, 0.4) is 0 Å². The molecule has 21 nitrogen and oxygen atoms in total. The van der Waals surface area contributed by atoms with E-state index in [1.54, 1.807) is 60.7 Å². The molecule has 0 radical (unpaired) electrons. The van der Waals surface area contributed by atoms with Crippen LogP contribution in [0, 0.1) is 6.92 Å². The highest BCUT2D eigenvalue weighted by Crippen LogP contribution is 2.38. The Morgan fingerprint density at radius 1 is 0.863 bits per heavy atom. The number of rotatable bonds is 15. The summed E-state index contributed by atoms with van der Waals surface area (Å²) < 4.78 is 11.8. The van der Waals surface area contributed by atoms with Crippen LogP contribution in [0.25, 0.3) is 16.8 Å². The summed E-state index contributed by atoms with van der Waals surface area (Å²) in [5.74, 6) is -6.73. The van der Waals surface area contributed by atoms with Gasteiger partial charge in [-0.2, -0.15) is 0 Å². The van der Waals surface area contributed by atoms with Crippen molar-refractivity contribution in [3.05, 3.63) is 159 Å². The van der Waals surface area contributed by atoms with Crippen molar-refractivity contribution in [1.29, 1.82) is 0 Å². The molecule has 2 fully saturated rings. The SMILES string of the molecule is CC=C(C(=O)NC1(NC(=O)C2(N)CCCCC2)C(NC(=O)OCc2ccccc2)N(NC(=O)c2c(-c3ccccc3)noc2C)C(=O)C1(NC(=O)c1ccc(Br)cc1)NC(=O)c1cccnc1)c1csc(N)n1. The summed E-state index contributed by atoms with van der Waals surface area (Å²) in [4.78, 5) is 115. The maximum atomic E-state index is 16.3. The summed E-state index contributed by atoms with van der Waals surface area (Å²) in [5, 5.41) is 19.7. The number of pyridine rings is 1. The molecular formula is C50H49BrN12O9S. The van der Waals surface area contributed by atoms with E-state index < -0.39 is 64.6 Å². The Balaban J connectivity index is 1.40. The number of carbonyl (C=O) groups excluding carboxylic acids is 7. The summed E-state index contributed by atoms with van der Waals surface area (Å²) >= 11 is 4.37. The first kappa shape index (κ1) is 51.1. The number of amides is 7. The van der Waals surface area contributed by atoms with Crippen molar-refractivity contribution in [1.82, 2.24) is 52.1 Å². The zero-order chi connectivity index (χ0) is 51.9. The number of aromatic nitrogens is 3. The molecule has 23 heteroatoms. The third-order valence-corrected chi connectivity index (χ3v) is 13.6. The summed E-state index contributed by atoms with van der Waals surface area (Å²) in [7, 11) is 0. The van der Waals surface area contributed by atoms with Crippen LogP contribution in [0.15, 0.2) is 130 Å². The molecule has 1 saturated carbocycles. The highest BCUT2D eigenvalue weighted by atomic mass is 79.9. The topological polar surface area (TPSA) is 308 Å². The molecule has 1 saturated heterocycles. The second-order valence-corrected chi connectivity index (χ2v) is 19.0. The van der Waals surface area contributed by atoms with Crippen molar-refractivity contribution in [2.75, 3.05) is 5.73 Å². The van der Waals surface area contributed by atoms with Crippen LogP contribution in [0.2, 0.25) is 0 Å². The number of alkyl carbamates (subject to hydrolysis) is 1. The van der Waals surface area contributed by atoms with Crippen LogP contribution >= 0.6 is 27.3 Å². The van der Waals surface area contributed by atoms with Crippen LogP contribution in [-0.4, -0.2) is 84.7 Å². The molecule has 4 heterocycles. The minimum Gasteiger partial charge on any atom is -0.445 e. The number of allylic oxidation sites excluding steroid dienone is 1. The van der Waals surface area contributed by atoms with E-state index in [1.807, 2.05) is 0 Å². The molecule has 2 aliphatic rings. The molecule has 1 aliphatic carbocycles. The number of nitrogens with zero attached hydrogens (tertiary/aromatic N) is 4. The van der Waals surface area contributed by atoms with Crippen LogP contribution in [0.1, 0.15) is 87.1 Å². The van der Waals surface area contributed by atoms with Crippen molar-refractivity contribution in [3.8, 4) is 11.3 Å². The zero-order valence-corrected chi connectivity index (χ0v) is 41.7. The minimum absolute atomic E-state index is 0.00929. The normalized spacial score (nSPS) is 19.3. The van der Waals surface area contributed by atoms with E-state index >= 15 is 24.0 Å². The quantitative estimate of drug-likeness (QED) is 0.0505. The lowest BCUT2D eigenvalue weighted by Crippen LogP contribution is -2.87. The average molecular weight is 1070 g/mol. The average Bonchev–Trinajstić information content (AvgIpc) is 4.05. The van der Waals surface area contributed by atoms with Gasteiger partial charge in [0.1, 0.15) is 23.6 Å². The largest absolute Gasteiger partial charge is 0.445 e. The molecule has 1 aliphatic heterocycles. The molecule has 3 unspecified atom stereocenters. The van der Waals surface area contributed by atoms with Gasteiger partial charge in [-0.25, -0.2) is 14.8 Å². The molecule has 6 aromatic rings. The number of carbonyl (C=O) groups is 7. The third-order valence-electron chi connectivity index (χ3n) is 12.4. The number of hydrogen-bond donors (Lipinski definition) is 8. The van der Waals surface area contributed by atoms with Crippen molar-refractivity contribution in [2.24, 2.45) is 5.73 Å². The third kappa shape index (κ3) is 10.5.